The Hall–Kier alpha value is -0.560. The van der Waals surface area contributed by atoms with Crippen molar-refractivity contribution >= 4 is 11.5 Å². The van der Waals surface area contributed by atoms with Crippen molar-refractivity contribution in [1.29, 1.82) is 0 Å². The van der Waals surface area contributed by atoms with Crippen LogP contribution in [0.5, 0.6) is 0 Å². The smallest absolute Gasteiger partial charge is 0.0893 e. The summed E-state index contributed by atoms with van der Waals surface area (Å²) in [6.45, 7) is 4.33. The summed E-state index contributed by atoms with van der Waals surface area (Å²) < 4.78 is 8.69. The van der Waals surface area contributed by atoms with E-state index in [9.17, 15) is 0 Å². The van der Waals surface area contributed by atoms with Crippen LogP contribution in [0.4, 0.5) is 0 Å². The minimum absolute atomic E-state index is 0.760. The summed E-state index contributed by atoms with van der Waals surface area (Å²) in [5, 5.41) is 12.4. The first-order valence-corrected chi connectivity index (χ1v) is 5.43. The molecule has 5 nitrogen and oxygen atoms in total. The molecule has 0 aliphatic heterocycles. The largest absolute Gasteiger partial charge is 0.383 e. The van der Waals surface area contributed by atoms with E-state index in [1.165, 1.54) is 11.5 Å². The molecule has 1 rings (SSSR count). The van der Waals surface area contributed by atoms with Crippen LogP contribution in [0.2, 0.25) is 0 Å². The Labute approximate surface area is 88.0 Å². The van der Waals surface area contributed by atoms with Gasteiger partial charge in [-0.3, -0.25) is 0 Å². The Balaban J connectivity index is 1.85. The average molecular weight is 216 g/mol. The fourth-order valence-corrected chi connectivity index (χ4v) is 1.40. The maximum absolute atomic E-state index is 4.91. The standard InChI is InChI=1S/C8H16N4OS/c1-13-5-4-9-2-3-10-6-8-7-14-12-11-8/h7,9-10H,2-6H2,1H3. The molecule has 0 radical (unpaired) electrons. The van der Waals surface area contributed by atoms with Crippen molar-refractivity contribution in [3.8, 4) is 0 Å². The van der Waals surface area contributed by atoms with E-state index in [2.05, 4.69) is 20.2 Å². The fourth-order valence-electron chi connectivity index (χ4n) is 0.953. The number of nitrogens with zero attached hydrogens (tertiary/aromatic N) is 2. The highest BCUT2D eigenvalue weighted by Crippen LogP contribution is 1.94. The van der Waals surface area contributed by atoms with Crippen molar-refractivity contribution in [3.63, 3.8) is 0 Å². The molecule has 0 spiro atoms. The van der Waals surface area contributed by atoms with Gasteiger partial charge in [-0.05, 0) is 11.5 Å². The molecular formula is C8H16N4OS. The summed E-state index contributed by atoms with van der Waals surface area (Å²) in [6, 6.07) is 0. The molecule has 0 aromatic carbocycles. The van der Waals surface area contributed by atoms with E-state index in [0.717, 1.165) is 38.5 Å². The molecule has 0 aliphatic rings. The third kappa shape index (κ3) is 5.23. The summed E-state index contributed by atoms with van der Waals surface area (Å²) >= 11 is 1.38. The lowest BCUT2D eigenvalue weighted by molar-refractivity contribution is 0.199. The second-order valence-electron chi connectivity index (χ2n) is 2.82. The van der Waals surface area contributed by atoms with Crippen LogP contribution in [0, 0.1) is 0 Å². The number of rotatable bonds is 8. The van der Waals surface area contributed by atoms with Crippen molar-refractivity contribution in [2.45, 2.75) is 6.54 Å². The van der Waals surface area contributed by atoms with Crippen molar-refractivity contribution in [3.05, 3.63) is 11.1 Å². The molecule has 0 saturated carbocycles. The van der Waals surface area contributed by atoms with Crippen molar-refractivity contribution in [2.75, 3.05) is 33.4 Å². The van der Waals surface area contributed by atoms with E-state index in [1.807, 2.05) is 5.38 Å². The molecule has 80 valence electrons. The minimum atomic E-state index is 0.760. The number of hydrogen-bond acceptors (Lipinski definition) is 6. The van der Waals surface area contributed by atoms with Gasteiger partial charge in [0.1, 0.15) is 0 Å². The van der Waals surface area contributed by atoms with E-state index >= 15 is 0 Å². The Morgan fingerprint density at radius 2 is 2.21 bits per heavy atom. The fraction of sp³-hybridized carbons (Fsp3) is 0.750. The van der Waals surface area contributed by atoms with Crippen LogP contribution in [-0.2, 0) is 11.3 Å². The Kier molecular flexibility index (Phi) is 6.42. The lowest BCUT2D eigenvalue weighted by Crippen LogP contribution is -2.29. The van der Waals surface area contributed by atoms with E-state index in [0.29, 0.717) is 0 Å². The normalized spacial score (nSPS) is 10.6. The third-order valence-corrected chi connectivity index (χ3v) is 2.23. The van der Waals surface area contributed by atoms with Gasteiger partial charge in [-0.2, -0.15) is 0 Å². The molecule has 0 aliphatic carbocycles. The second-order valence-corrected chi connectivity index (χ2v) is 3.43. The predicted octanol–water partition coefficient (Wildman–Crippen LogP) is -0.136. The number of hydrogen-bond donors (Lipinski definition) is 2. The van der Waals surface area contributed by atoms with Crippen LogP contribution < -0.4 is 10.6 Å². The molecule has 0 saturated heterocycles. The highest BCUT2D eigenvalue weighted by molar-refractivity contribution is 7.03. The van der Waals surface area contributed by atoms with Crippen molar-refractivity contribution in [1.82, 2.24) is 20.2 Å². The highest BCUT2D eigenvalue weighted by Gasteiger charge is 1.94. The lowest BCUT2D eigenvalue weighted by atomic mass is 10.5. The molecule has 0 bridgehead atoms. The van der Waals surface area contributed by atoms with Crippen molar-refractivity contribution < 1.29 is 4.74 Å². The first kappa shape index (κ1) is 11.5. The van der Waals surface area contributed by atoms with Gasteiger partial charge in [-0.25, -0.2) is 0 Å². The van der Waals surface area contributed by atoms with Gasteiger partial charge in [0.15, 0.2) is 0 Å². The molecular weight excluding hydrogens is 200 g/mol. The van der Waals surface area contributed by atoms with Crippen LogP contribution in [0.25, 0.3) is 0 Å². The Morgan fingerprint density at radius 3 is 2.93 bits per heavy atom. The van der Waals surface area contributed by atoms with Gasteiger partial charge in [0, 0.05) is 38.7 Å². The van der Waals surface area contributed by atoms with Crippen LogP contribution >= 0.6 is 11.5 Å². The van der Waals surface area contributed by atoms with Gasteiger partial charge < -0.3 is 15.4 Å². The molecule has 2 N–H and O–H groups in total. The Morgan fingerprint density at radius 1 is 1.36 bits per heavy atom. The van der Waals surface area contributed by atoms with Crippen molar-refractivity contribution in [2.24, 2.45) is 0 Å². The number of methoxy groups -OCH3 is 1. The zero-order valence-electron chi connectivity index (χ0n) is 8.32. The van der Waals surface area contributed by atoms with E-state index < -0.39 is 0 Å². The zero-order valence-corrected chi connectivity index (χ0v) is 9.14. The molecule has 0 fully saturated rings. The monoisotopic (exact) mass is 216 g/mol. The molecule has 0 atom stereocenters. The summed E-state index contributed by atoms with van der Waals surface area (Å²) in [7, 11) is 1.70. The topological polar surface area (TPSA) is 59.1 Å². The van der Waals surface area contributed by atoms with Gasteiger partial charge in [-0.1, -0.05) is 4.49 Å². The van der Waals surface area contributed by atoms with Gasteiger partial charge in [-0.15, -0.1) is 5.10 Å². The molecule has 1 aromatic rings. The molecule has 6 heteroatoms. The van der Waals surface area contributed by atoms with Crippen LogP contribution in [-0.4, -0.2) is 42.9 Å². The van der Waals surface area contributed by atoms with Gasteiger partial charge >= 0.3 is 0 Å². The number of ether oxygens (including phenoxy) is 1. The zero-order chi connectivity index (χ0) is 10.1. The quantitative estimate of drug-likeness (QED) is 0.593. The van der Waals surface area contributed by atoms with E-state index in [1.54, 1.807) is 7.11 Å². The van der Waals surface area contributed by atoms with E-state index in [-0.39, 0.29) is 0 Å². The first-order valence-electron chi connectivity index (χ1n) is 4.60. The molecule has 1 aromatic heterocycles. The molecule has 14 heavy (non-hydrogen) atoms. The Bertz CT molecular complexity index is 217. The van der Waals surface area contributed by atoms with Crippen LogP contribution in [0.3, 0.4) is 0 Å². The van der Waals surface area contributed by atoms with Crippen LogP contribution in [0.15, 0.2) is 5.38 Å². The first-order chi connectivity index (χ1) is 6.93. The van der Waals surface area contributed by atoms with E-state index in [4.69, 9.17) is 4.74 Å². The highest BCUT2D eigenvalue weighted by atomic mass is 32.1. The second kappa shape index (κ2) is 7.81. The van der Waals surface area contributed by atoms with Gasteiger partial charge in [0.25, 0.3) is 0 Å². The lowest BCUT2D eigenvalue weighted by Gasteiger charge is -2.04. The predicted molar refractivity (Wildman–Crippen MR) is 56.4 cm³/mol. The van der Waals surface area contributed by atoms with Crippen LogP contribution in [0.1, 0.15) is 5.69 Å². The maximum atomic E-state index is 4.91. The summed E-state index contributed by atoms with van der Waals surface area (Å²) in [4.78, 5) is 0. The average Bonchev–Trinajstić information content (AvgIpc) is 2.69. The summed E-state index contributed by atoms with van der Waals surface area (Å²) in [5.74, 6) is 0. The maximum Gasteiger partial charge on any atom is 0.0893 e. The third-order valence-electron chi connectivity index (χ3n) is 1.67. The number of nitrogens with one attached hydrogen (secondary N) is 2. The molecule has 1 heterocycles. The van der Waals surface area contributed by atoms with Gasteiger partial charge in [0.05, 0.1) is 12.3 Å². The SMILES string of the molecule is COCCNCCNCc1csnn1. The summed E-state index contributed by atoms with van der Waals surface area (Å²) in [6.07, 6.45) is 0. The number of aromatic nitrogens is 2. The minimum Gasteiger partial charge on any atom is -0.383 e. The summed E-state index contributed by atoms with van der Waals surface area (Å²) in [5.41, 5.74) is 1.01. The molecule has 0 amide bonds. The molecule has 0 unspecified atom stereocenters. The van der Waals surface area contributed by atoms with Gasteiger partial charge in [0.2, 0.25) is 0 Å².